The van der Waals surface area contributed by atoms with Crippen molar-refractivity contribution in [3.8, 4) is 11.3 Å². The number of nitrogens with one attached hydrogen (secondary N) is 2. The first-order chi connectivity index (χ1) is 15.7. The lowest BCUT2D eigenvalue weighted by Gasteiger charge is -2.07. The van der Waals surface area contributed by atoms with Crippen LogP contribution in [0.4, 0.5) is 5.69 Å². The monoisotopic (exact) mass is 417 g/mol. The number of carbonyl (C=O) groups is 1. The lowest BCUT2D eigenvalue weighted by molar-refractivity contribution is 0.102. The lowest BCUT2D eigenvalue weighted by Crippen LogP contribution is -2.11. The maximum Gasteiger partial charge on any atom is 0.255 e. The van der Waals surface area contributed by atoms with E-state index in [1.54, 1.807) is 6.07 Å². The van der Waals surface area contributed by atoms with Crippen molar-refractivity contribution in [2.45, 2.75) is 0 Å². The fourth-order valence-electron chi connectivity index (χ4n) is 3.35. The standard InChI is InChI=1S/C26H19N5O/c32-26(27-22-13-11-19(12-14-22)10-9-18-5-2-1-3-6-18)21-8-4-7-20(17-21)23-15-16-24-25(28-23)30-31-29-24/h1-17H,(H,27,32)(H,28,29,30,31)/b10-9-. The largest absolute Gasteiger partial charge is 0.322 e. The van der Waals surface area contributed by atoms with Crippen LogP contribution in [0.5, 0.6) is 0 Å². The number of rotatable bonds is 5. The molecule has 0 radical (unpaired) electrons. The molecule has 0 saturated heterocycles. The molecule has 6 nitrogen and oxygen atoms in total. The van der Waals surface area contributed by atoms with Crippen molar-refractivity contribution in [2.75, 3.05) is 5.32 Å². The first kappa shape index (κ1) is 19.4. The Bertz CT molecular complexity index is 1410. The minimum absolute atomic E-state index is 0.179. The van der Waals surface area contributed by atoms with E-state index in [2.05, 4.69) is 43.9 Å². The average molecular weight is 417 g/mol. The van der Waals surface area contributed by atoms with E-state index >= 15 is 0 Å². The molecule has 0 aliphatic rings. The van der Waals surface area contributed by atoms with E-state index in [0.717, 1.165) is 28.1 Å². The molecule has 2 N–H and O–H groups in total. The predicted octanol–water partition coefficient (Wildman–Crippen LogP) is 5.44. The van der Waals surface area contributed by atoms with Crippen molar-refractivity contribution in [1.29, 1.82) is 0 Å². The summed E-state index contributed by atoms with van der Waals surface area (Å²) in [6, 6.07) is 28.9. The van der Waals surface area contributed by atoms with Gasteiger partial charge in [0.2, 0.25) is 5.65 Å². The zero-order chi connectivity index (χ0) is 21.8. The molecule has 0 unspecified atom stereocenters. The van der Waals surface area contributed by atoms with Gasteiger partial charge in [-0.05, 0) is 47.5 Å². The zero-order valence-corrected chi connectivity index (χ0v) is 17.1. The molecule has 2 aromatic heterocycles. The predicted molar refractivity (Wildman–Crippen MR) is 127 cm³/mol. The number of anilines is 1. The summed E-state index contributed by atoms with van der Waals surface area (Å²) < 4.78 is 0. The molecule has 0 saturated carbocycles. The maximum absolute atomic E-state index is 12.8. The Kier molecular flexibility index (Phi) is 5.24. The number of carbonyl (C=O) groups excluding carboxylic acids is 1. The molecule has 0 atom stereocenters. The van der Waals surface area contributed by atoms with E-state index in [9.17, 15) is 4.79 Å². The molecule has 0 bridgehead atoms. The minimum Gasteiger partial charge on any atom is -0.322 e. The summed E-state index contributed by atoms with van der Waals surface area (Å²) in [7, 11) is 0. The Morgan fingerprint density at radius 1 is 0.781 bits per heavy atom. The van der Waals surface area contributed by atoms with Gasteiger partial charge in [-0.3, -0.25) is 4.79 Å². The van der Waals surface area contributed by atoms with Crippen LogP contribution >= 0.6 is 0 Å². The summed E-state index contributed by atoms with van der Waals surface area (Å²) in [5, 5.41) is 13.6. The zero-order valence-electron chi connectivity index (χ0n) is 17.1. The van der Waals surface area contributed by atoms with Gasteiger partial charge in [0.25, 0.3) is 5.91 Å². The van der Waals surface area contributed by atoms with Crippen LogP contribution in [0.15, 0.2) is 91.0 Å². The quantitative estimate of drug-likeness (QED) is 0.373. The van der Waals surface area contributed by atoms with Crippen LogP contribution in [0.3, 0.4) is 0 Å². The molecule has 6 heteroatoms. The Morgan fingerprint density at radius 3 is 2.38 bits per heavy atom. The number of pyridine rings is 1. The molecule has 5 aromatic rings. The molecule has 0 spiro atoms. The van der Waals surface area contributed by atoms with Gasteiger partial charge in [-0.15, -0.1) is 5.10 Å². The van der Waals surface area contributed by atoms with Crippen molar-refractivity contribution in [2.24, 2.45) is 0 Å². The Labute approximate surface area is 184 Å². The molecule has 0 fully saturated rings. The number of nitrogens with zero attached hydrogens (tertiary/aromatic N) is 3. The van der Waals surface area contributed by atoms with Gasteiger partial charge in [0.05, 0.1) is 5.69 Å². The van der Waals surface area contributed by atoms with E-state index in [1.807, 2.05) is 78.9 Å². The molecule has 154 valence electrons. The number of amides is 1. The van der Waals surface area contributed by atoms with Gasteiger partial charge in [-0.2, -0.15) is 10.3 Å². The highest BCUT2D eigenvalue weighted by molar-refractivity contribution is 6.05. The van der Waals surface area contributed by atoms with Crippen LogP contribution < -0.4 is 5.32 Å². The van der Waals surface area contributed by atoms with Crippen LogP contribution in [0.1, 0.15) is 21.5 Å². The number of aromatic amines is 1. The molecule has 3 aromatic carbocycles. The van der Waals surface area contributed by atoms with Crippen LogP contribution in [0.25, 0.3) is 34.6 Å². The third-order valence-corrected chi connectivity index (χ3v) is 5.04. The Hall–Kier alpha value is -4.58. The second kappa shape index (κ2) is 8.65. The second-order valence-corrected chi connectivity index (χ2v) is 7.26. The first-order valence-corrected chi connectivity index (χ1v) is 10.2. The van der Waals surface area contributed by atoms with Crippen molar-refractivity contribution in [3.05, 3.63) is 108 Å². The summed E-state index contributed by atoms with van der Waals surface area (Å²) in [6.07, 6.45) is 4.10. The van der Waals surface area contributed by atoms with Gasteiger partial charge >= 0.3 is 0 Å². The summed E-state index contributed by atoms with van der Waals surface area (Å²) in [4.78, 5) is 17.3. The molecular formula is C26H19N5O. The third-order valence-electron chi connectivity index (χ3n) is 5.04. The van der Waals surface area contributed by atoms with Crippen molar-refractivity contribution < 1.29 is 4.79 Å². The number of hydrogen-bond acceptors (Lipinski definition) is 4. The summed E-state index contributed by atoms with van der Waals surface area (Å²) in [5.41, 5.74) is 6.30. The van der Waals surface area contributed by atoms with E-state index in [0.29, 0.717) is 16.7 Å². The number of hydrogen-bond donors (Lipinski definition) is 2. The van der Waals surface area contributed by atoms with Crippen LogP contribution in [0.2, 0.25) is 0 Å². The highest BCUT2D eigenvalue weighted by Gasteiger charge is 2.10. The fraction of sp³-hybridized carbons (Fsp3) is 0. The third kappa shape index (κ3) is 4.29. The molecule has 0 aliphatic heterocycles. The number of H-pyrrole nitrogens is 1. The van der Waals surface area contributed by atoms with Crippen LogP contribution in [-0.4, -0.2) is 26.3 Å². The van der Waals surface area contributed by atoms with Gasteiger partial charge < -0.3 is 5.32 Å². The second-order valence-electron chi connectivity index (χ2n) is 7.26. The minimum atomic E-state index is -0.179. The van der Waals surface area contributed by atoms with E-state index in [4.69, 9.17) is 0 Å². The number of benzene rings is 3. The van der Waals surface area contributed by atoms with E-state index in [-0.39, 0.29) is 5.91 Å². The van der Waals surface area contributed by atoms with Crippen molar-refractivity contribution >= 4 is 34.9 Å². The van der Waals surface area contributed by atoms with Gasteiger partial charge in [0.15, 0.2) is 0 Å². The molecule has 0 aliphatic carbocycles. The summed E-state index contributed by atoms with van der Waals surface area (Å²) >= 11 is 0. The summed E-state index contributed by atoms with van der Waals surface area (Å²) in [5.74, 6) is -0.179. The molecule has 5 rings (SSSR count). The lowest BCUT2D eigenvalue weighted by atomic mass is 10.1. The highest BCUT2D eigenvalue weighted by atomic mass is 16.1. The van der Waals surface area contributed by atoms with E-state index in [1.165, 1.54) is 0 Å². The Morgan fingerprint density at radius 2 is 1.56 bits per heavy atom. The van der Waals surface area contributed by atoms with Gasteiger partial charge in [-0.25, -0.2) is 4.98 Å². The number of fused-ring (bicyclic) bond motifs is 1. The SMILES string of the molecule is O=C(Nc1ccc(/C=C\c2ccccc2)cc1)c1cccc(-c2ccc3n[nH]nc3n2)c1. The molecule has 1 amide bonds. The number of aromatic nitrogens is 4. The van der Waals surface area contributed by atoms with Crippen molar-refractivity contribution in [1.82, 2.24) is 20.4 Å². The first-order valence-electron chi connectivity index (χ1n) is 10.2. The van der Waals surface area contributed by atoms with Crippen LogP contribution in [-0.2, 0) is 0 Å². The fourth-order valence-corrected chi connectivity index (χ4v) is 3.35. The van der Waals surface area contributed by atoms with Crippen LogP contribution in [0, 0.1) is 0 Å². The smallest absolute Gasteiger partial charge is 0.255 e. The maximum atomic E-state index is 12.8. The van der Waals surface area contributed by atoms with Crippen molar-refractivity contribution in [3.63, 3.8) is 0 Å². The normalized spacial score (nSPS) is 11.1. The van der Waals surface area contributed by atoms with E-state index < -0.39 is 0 Å². The summed E-state index contributed by atoms with van der Waals surface area (Å²) in [6.45, 7) is 0. The Balaban J connectivity index is 1.29. The van der Waals surface area contributed by atoms with Gasteiger partial charge in [0.1, 0.15) is 5.52 Å². The van der Waals surface area contributed by atoms with Gasteiger partial charge in [0, 0.05) is 16.8 Å². The highest BCUT2D eigenvalue weighted by Crippen LogP contribution is 2.21. The van der Waals surface area contributed by atoms with Gasteiger partial charge in [-0.1, -0.05) is 66.7 Å². The molecule has 32 heavy (non-hydrogen) atoms. The average Bonchev–Trinajstić information content (AvgIpc) is 3.32. The topological polar surface area (TPSA) is 83.6 Å². The molecular weight excluding hydrogens is 398 g/mol. The molecule has 2 heterocycles.